The average Bonchev–Trinajstić information content (AvgIpc) is 0.943. The van der Waals surface area contributed by atoms with Crippen molar-refractivity contribution in [1.82, 2.24) is 36.4 Å². The summed E-state index contributed by atoms with van der Waals surface area (Å²) in [7, 11) is 5.02. The highest BCUT2D eigenvalue weighted by Crippen LogP contribution is 2.65. The van der Waals surface area contributed by atoms with E-state index in [1.165, 1.54) is 18.9 Å². The van der Waals surface area contributed by atoms with E-state index in [1.807, 2.05) is 44.4 Å². The molecule has 23 nitrogen and oxygen atoms in total. The molecule has 13 atom stereocenters. The molecule has 6 saturated heterocycles. The molecule has 5 N–H and O–H groups in total. The summed E-state index contributed by atoms with van der Waals surface area (Å²) in [6.45, 7) is 8.90. The summed E-state index contributed by atoms with van der Waals surface area (Å²) in [6.07, 6.45) is 4.34. The van der Waals surface area contributed by atoms with Crippen LogP contribution >= 0.6 is 35.3 Å². The number of methoxy groups -OCH3 is 2. The molecule has 0 radical (unpaired) electrons. The highest BCUT2D eigenvalue weighted by Gasteiger charge is 2.62. The predicted octanol–water partition coefficient (Wildman–Crippen LogP) is 7.23. The molecule has 0 aliphatic carbocycles. The summed E-state index contributed by atoms with van der Waals surface area (Å²) in [5.74, 6) is 2.29. The van der Waals surface area contributed by atoms with Crippen LogP contribution in [0.3, 0.4) is 0 Å². The van der Waals surface area contributed by atoms with Crippen molar-refractivity contribution in [3.8, 4) is 46.3 Å². The molecule has 13 unspecified atom stereocenters. The molecule has 4 bridgehead atoms. The summed E-state index contributed by atoms with van der Waals surface area (Å²) in [5, 5.41) is 27.2. The van der Waals surface area contributed by atoms with Crippen LogP contribution in [0.5, 0.6) is 40.2 Å². The second-order valence-corrected chi connectivity index (χ2v) is 29.4. The molecule has 6 fully saturated rings. The smallest absolute Gasteiger partial charge is 0.493 e. The van der Waals surface area contributed by atoms with Crippen LogP contribution in [-0.4, -0.2) is 163 Å². The first kappa shape index (κ1) is 61.4. The van der Waals surface area contributed by atoms with Crippen molar-refractivity contribution in [1.29, 1.82) is 5.26 Å². The van der Waals surface area contributed by atoms with Crippen LogP contribution < -0.4 is 59.7 Å². The van der Waals surface area contributed by atoms with Crippen molar-refractivity contribution in [3.63, 3.8) is 0 Å². The first-order valence-electron chi connectivity index (χ1n) is 30.8. The summed E-state index contributed by atoms with van der Waals surface area (Å²) in [5.41, 5.74) is 3.01. The standard InChI is InChI=1S/C63H76N8O15S3/c1-29-19-32-20-36-37(23-64)71-38-24-80-58(74)63(33-22-39(78-7)40(21-31(33)17-18-65-63)83-61(77)86-62(3,4)5)27-89-57(47-46(38)55-54(81-28-82-55)30(2)53(47)84-43(72)15-11-9-13-41-48-34(25-87-41)66-59(75)68-48)51(71)50(70(36)6)45(32)56(52(29)79-8)85-44(73)16-12-10-14-42-49-35(26-88-42)67-60(76)69-49/h19,21-22,34-38,41-42,48-51,57,65H,9-18,20,24-28H2,1-8H3,(H2,66,68,75)(H2,67,69,76). The molecule has 14 rings (SSSR count). The Labute approximate surface area is 529 Å². The Bertz CT molecular complexity index is 3450. The highest BCUT2D eigenvalue weighted by molar-refractivity contribution is 8.00. The lowest BCUT2D eigenvalue weighted by atomic mass is 9.71. The number of hydrogen-bond acceptors (Lipinski definition) is 22. The molecule has 0 aromatic heterocycles. The third kappa shape index (κ3) is 11.0. The van der Waals surface area contributed by atoms with Crippen molar-refractivity contribution in [2.24, 2.45) is 0 Å². The van der Waals surface area contributed by atoms with E-state index in [2.05, 4.69) is 48.5 Å². The Morgan fingerprint density at radius 3 is 2.07 bits per heavy atom. The zero-order chi connectivity index (χ0) is 62.4. The van der Waals surface area contributed by atoms with Gasteiger partial charge in [-0.05, 0) is 115 Å². The van der Waals surface area contributed by atoms with Gasteiger partial charge in [0.15, 0.2) is 40.0 Å². The number of likely N-dealkylation sites (N-methyl/N-ethyl adjacent to an activating group) is 1. The van der Waals surface area contributed by atoms with E-state index in [0.29, 0.717) is 83.0 Å². The fraction of sp³-hybridized carbons (Fsp3) is 0.603. The van der Waals surface area contributed by atoms with Gasteiger partial charge in [-0.2, -0.15) is 28.8 Å². The minimum atomic E-state index is -1.54. The molecule has 1 spiro atoms. The van der Waals surface area contributed by atoms with Gasteiger partial charge in [0.1, 0.15) is 24.0 Å². The number of nitriles is 1. The maximum atomic E-state index is 15.6. The summed E-state index contributed by atoms with van der Waals surface area (Å²) in [4.78, 5) is 86.6. The van der Waals surface area contributed by atoms with Crippen LogP contribution in [-0.2, 0) is 42.2 Å². The van der Waals surface area contributed by atoms with Crippen molar-refractivity contribution in [2.45, 2.75) is 180 Å². The van der Waals surface area contributed by atoms with E-state index >= 15 is 4.79 Å². The first-order chi connectivity index (χ1) is 42.8. The largest absolute Gasteiger partial charge is 0.514 e. The number of nitrogens with zero attached hydrogens (tertiary/aromatic N) is 3. The molecular weight excluding hydrogens is 1200 g/mol. The Morgan fingerprint density at radius 2 is 1.43 bits per heavy atom. The summed E-state index contributed by atoms with van der Waals surface area (Å²) >= 11 is 5.10. The summed E-state index contributed by atoms with van der Waals surface area (Å²) in [6, 6.07) is 4.72. The van der Waals surface area contributed by atoms with Gasteiger partial charge in [0.25, 0.3) is 0 Å². The van der Waals surface area contributed by atoms with Gasteiger partial charge in [-0.3, -0.25) is 24.7 Å². The van der Waals surface area contributed by atoms with Gasteiger partial charge in [0, 0.05) is 81.5 Å². The molecule has 11 heterocycles. The molecule has 26 heteroatoms. The Balaban J connectivity index is 0.902. The van der Waals surface area contributed by atoms with Gasteiger partial charge in [0.2, 0.25) is 6.79 Å². The number of benzene rings is 3. The highest BCUT2D eigenvalue weighted by atomic mass is 32.2. The Morgan fingerprint density at radius 1 is 0.764 bits per heavy atom. The second-order valence-electron chi connectivity index (χ2n) is 25.7. The van der Waals surface area contributed by atoms with Crippen LogP contribution in [0, 0.1) is 25.2 Å². The van der Waals surface area contributed by atoms with E-state index in [9.17, 15) is 29.2 Å². The topological polar surface area (TPSA) is 276 Å². The van der Waals surface area contributed by atoms with Crippen LogP contribution in [0.1, 0.15) is 134 Å². The SMILES string of the molecule is COc1cc2c(cc1OC(=O)OC(C)(C)C)CCNC21CSC2c3c(OC(=O)CCCCC4SCC5NC(=O)NC54)c(C)c4c(c3C(COC1=O)N1C(C#N)C3Cc5cc(C)c(OC)c(OC(=O)CCCCC6SCC7NC(=O)NC76)c5C(C21)N3C)OCO4. The number of aryl methyl sites for hydroxylation is 1. The third-order valence-electron chi connectivity index (χ3n) is 19.3. The van der Waals surface area contributed by atoms with Gasteiger partial charge in [-0.25, -0.2) is 19.2 Å². The van der Waals surface area contributed by atoms with E-state index in [4.69, 9.17) is 42.6 Å². The number of nitrogens with one attached hydrogen (secondary N) is 5. The maximum Gasteiger partial charge on any atom is 0.514 e. The number of piperazine rings is 1. The number of carbonyl (C=O) groups is 6. The van der Waals surface area contributed by atoms with Gasteiger partial charge < -0.3 is 63.9 Å². The number of urea groups is 2. The average molecular weight is 1280 g/mol. The summed E-state index contributed by atoms with van der Waals surface area (Å²) < 4.78 is 56.4. The fourth-order valence-electron chi connectivity index (χ4n) is 15.4. The van der Waals surface area contributed by atoms with Gasteiger partial charge in [-0.1, -0.05) is 18.9 Å². The minimum Gasteiger partial charge on any atom is -0.493 e. The normalized spacial score (nSPS) is 30.2. The van der Waals surface area contributed by atoms with Gasteiger partial charge >= 0.3 is 36.1 Å². The lowest BCUT2D eigenvalue weighted by molar-refractivity contribution is -0.157. The van der Waals surface area contributed by atoms with Gasteiger partial charge in [-0.15, -0.1) is 11.8 Å². The Hall–Kier alpha value is -6.50. The maximum absolute atomic E-state index is 15.6. The number of hydrogen-bond donors (Lipinski definition) is 5. The molecular formula is C63H76N8O15S3. The molecule has 476 valence electrons. The molecule has 11 aliphatic heterocycles. The van der Waals surface area contributed by atoms with Crippen LogP contribution in [0.2, 0.25) is 0 Å². The van der Waals surface area contributed by atoms with Crippen molar-refractivity contribution < 1.29 is 71.4 Å². The van der Waals surface area contributed by atoms with E-state index < -0.39 is 70.7 Å². The van der Waals surface area contributed by atoms with Crippen LogP contribution in [0.15, 0.2) is 18.2 Å². The quantitative estimate of drug-likeness (QED) is 0.0330. The Kier molecular flexibility index (Phi) is 16.7. The zero-order valence-corrected chi connectivity index (χ0v) is 53.6. The van der Waals surface area contributed by atoms with Crippen molar-refractivity contribution in [3.05, 3.63) is 62.7 Å². The zero-order valence-electron chi connectivity index (χ0n) is 51.2. The first-order valence-corrected chi connectivity index (χ1v) is 33.9. The van der Waals surface area contributed by atoms with E-state index in [-0.39, 0.29) is 96.0 Å². The van der Waals surface area contributed by atoms with E-state index in [1.54, 1.807) is 40.0 Å². The number of esters is 3. The second kappa shape index (κ2) is 24.3. The van der Waals surface area contributed by atoms with Gasteiger partial charge in [0.05, 0.1) is 61.8 Å². The molecule has 11 aliphatic rings. The number of unbranched alkanes of at least 4 members (excludes halogenated alkanes) is 2. The lowest BCUT2D eigenvalue weighted by Gasteiger charge is -2.62. The molecule has 89 heavy (non-hydrogen) atoms. The number of carbonyl (C=O) groups excluding carboxylic acids is 6. The monoisotopic (exact) mass is 1280 g/mol. The third-order valence-corrected chi connectivity index (χ3v) is 23.8. The van der Waals surface area contributed by atoms with Crippen LogP contribution in [0.25, 0.3) is 0 Å². The number of thioether (sulfide) groups is 3. The molecule has 3 aromatic rings. The van der Waals surface area contributed by atoms with Crippen LogP contribution in [0.4, 0.5) is 14.4 Å². The lowest BCUT2D eigenvalue weighted by Crippen LogP contribution is -2.69. The fourth-order valence-corrected chi connectivity index (χ4v) is 20.2. The minimum absolute atomic E-state index is 0.0257. The number of ether oxygens (including phenoxy) is 9. The number of amides is 4. The van der Waals surface area contributed by atoms with E-state index in [0.717, 1.165) is 53.9 Å². The molecule has 4 amide bonds. The van der Waals surface area contributed by atoms with Crippen molar-refractivity contribution >= 4 is 71.4 Å². The molecule has 0 saturated carbocycles. The number of rotatable bonds is 15. The number of fused-ring (bicyclic) bond motifs is 11. The van der Waals surface area contributed by atoms with Crippen molar-refractivity contribution in [2.75, 3.05) is 58.5 Å². The molecule has 3 aromatic carbocycles. The predicted molar refractivity (Wildman–Crippen MR) is 329 cm³/mol.